The van der Waals surface area contributed by atoms with Crippen LogP contribution in [0, 0.1) is 11.3 Å². The summed E-state index contributed by atoms with van der Waals surface area (Å²) in [6.45, 7) is 0. The zero-order chi connectivity index (χ0) is 14.6. The maximum atomic E-state index is 12.3. The standard InChI is InChI=1S/C15H16Cl2N2O/c16-12-7-11(8-13(17)9-12)14(20)19-15(10-18)5-3-1-2-4-6-15/h7-9H,1-6H2,(H,19,20). The normalized spacial score (nSPS) is 17.9. The van der Waals surface area contributed by atoms with Crippen molar-refractivity contribution in [3.05, 3.63) is 33.8 Å². The molecule has 1 aliphatic rings. The molecule has 2 rings (SSSR count). The van der Waals surface area contributed by atoms with Crippen LogP contribution in [0.25, 0.3) is 0 Å². The van der Waals surface area contributed by atoms with Crippen molar-refractivity contribution in [2.75, 3.05) is 0 Å². The van der Waals surface area contributed by atoms with Gasteiger partial charge in [0.25, 0.3) is 5.91 Å². The largest absolute Gasteiger partial charge is 0.334 e. The molecule has 106 valence electrons. The number of hydrogen-bond acceptors (Lipinski definition) is 2. The Hall–Kier alpha value is -1.24. The van der Waals surface area contributed by atoms with Crippen molar-refractivity contribution < 1.29 is 4.79 Å². The van der Waals surface area contributed by atoms with E-state index in [2.05, 4.69) is 11.4 Å². The first-order valence-electron chi connectivity index (χ1n) is 6.74. The van der Waals surface area contributed by atoms with Crippen LogP contribution in [-0.4, -0.2) is 11.4 Å². The average Bonchev–Trinajstić information content (AvgIpc) is 2.64. The Kier molecular flexibility index (Phi) is 4.91. The second-order valence-electron chi connectivity index (χ2n) is 5.22. The number of carbonyl (C=O) groups excluding carboxylic acids is 1. The van der Waals surface area contributed by atoms with Crippen molar-refractivity contribution in [3.8, 4) is 6.07 Å². The van der Waals surface area contributed by atoms with Gasteiger partial charge in [0.2, 0.25) is 0 Å². The summed E-state index contributed by atoms with van der Waals surface area (Å²) in [5.41, 5.74) is -0.371. The first kappa shape index (κ1) is 15.2. The van der Waals surface area contributed by atoms with Crippen LogP contribution in [0.3, 0.4) is 0 Å². The summed E-state index contributed by atoms with van der Waals surface area (Å²) in [7, 11) is 0. The number of nitrogens with zero attached hydrogens (tertiary/aromatic N) is 1. The molecule has 20 heavy (non-hydrogen) atoms. The molecule has 1 aromatic rings. The molecule has 0 radical (unpaired) electrons. The fourth-order valence-corrected chi connectivity index (χ4v) is 3.10. The lowest BCUT2D eigenvalue weighted by atomic mass is 9.91. The maximum Gasteiger partial charge on any atom is 0.252 e. The third-order valence-corrected chi connectivity index (χ3v) is 4.09. The van der Waals surface area contributed by atoms with Crippen molar-refractivity contribution in [3.63, 3.8) is 0 Å². The topological polar surface area (TPSA) is 52.9 Å². The quantitative estimate of drug-likeness (QED) is 0.826. The minimum absolute atomic E-state index is 0.294. The molecule has 1 amide bonds. The average molecular weight is 311 g/mol. The number of amides is 1. The van der Waals surface area contributed by atoms with E-state index in [1.165, 1.54) is 0 Å². The van der Waals surface area contributed by atoms with E-state index in [9.17, 15) is 10.1 Å². The van der Waals surface area contributed by atoms with Gasteiger partial charge in [0.05, 0.1) is 6.07 Å². The summed E-state index contributed by atoms with van der Waals surface area (Å²) in [6.07, 6.45) is 5.55. The lowest BCUT2D eigenvalue weighted by molar-refractivity contribution is 0.0913. The van der Waals surface area contributed by atoms with E-state index in [0.29, 0.717) is 28.5 Å². The number of halogens is 2. The number of nitriles is 1. The summed E-state index contributed by atoms with van der Waals surface area (Å²) in [4.78, 5) is 12.3. The Labute approximate surface area is 128 Å². The summed E-state index contributed by atoms with van der Waals surface area (Å²) < 4.78 is 0. The number of rotatable bonds is 2. The molecule has 0 atom stereocenters. The molecule has 0 heterocycles. The Bertz CT molecular complexity index is 523. The van der Waals surface area contributed by atoms with Crippen molar-refractivity contribution in [1.82, 2.24) is 5.32 Å². The third-order valence-electron chi connectivity index (χ3n) is 3.65. The molecule has 0 spiro atoms. The van der Waals surface area contributed by atoms with Gasteiger partial charge in [0.1, 0.15) is 5.54 Å². The van der Waals surface area contributed by atoms with Crippen molar-refractivity contribution in [1.29, 1.82) is 5.26 Å². The van der Waals surface area contributed by atoms with E-state index in [-0.39, 0.29) is 5.91 Å². The maximum absolute atomic E-state index is 12.3. The molecule has 1 saturated carbocycles. The van der Waals surface area contributed by atoms with Gasteiger partial charge in [0.15, 0.2) is 0 Å². The smallest absolute Gasteiger partial charge is 0.252 e. The number of benzene rings is 1. The number of carbonyl (C=O) groups is 1. The van der Waals surface area contributed by atoms with E-state index >= 15 is 0 Å². The molecular weight excluding hydrogens is 295 g/mol. The number of nitrogens with one attached hydrogen (secondary N) is 1. The number of hydrogen-bond donors (Lipinski definition) is 1. The fourth-order valence-electron chi connectivity index (χ4n) is 2.57. The Balaban J connectivity index is 2.18. The molecule has 5 heteroatoms. The van der Waals surface area contributed by atoms with Crippen LogP contribution in [0.4, 0.5) is 0 Å². The van der Waals surface area contributed by atoms with E-state index in [0.717, 1.165) is 25.7 Å². The fraction of sp³-hybridized carbons (Fsp3) is 0.467. The van der Waals surface area contributed by atoms with Gasteiger partial charge in [-0.05, 0) is 31.0 Å². The first-order chi connectivity index (χ1) is 9.54. The molecular formula is C15H16Cl2N2O. The molecule has 0 saturated heterocycles. The zero-order valence-corrected chi connectivity index (χ0v) is 12.6. The highest BCUT2D eigenvalue weighted by molar-refractivity contribution is 6.35. The Morgan fingerprint density at radius 1 is 1.10 bits per heavy atom. The lowest BCUT2D eigenvalue weighted by Gasteiger charge is -2.26. The van der Waals surface area contributed by atoms with Crippen LogP contribution in [0.2, 0.25) is 10.0 Å². The molecule has 0 bridgehead atoms. The highest BCUT2D eigenvalue weighted by Crippen LogP contribution is 2.27. The third kappa shape index (κ3) is 3.65. The first-order valence-corrected chi connectivity index (χ1v) is 7.50. The van der Waals surface area contributed by atoms with Gasteiger partial charge < -0.3 is 5.32 Å². The molecule has 0 unspecified atom stereocenters. The molecule has 0 aromatic heterocycles. The molecule has 1 fully saturated rings. The van der Waals surface area contributed by atoms with Crippen LogP contribution in [0.5, 0.6) is 0 Å². The van der Waals surface area contributed by atoms with Gasteiger partial charge in [-0.1, -0.05) is 48.9 Å². The predicted molar refractivity (Wildman–Crippen MR) is 80.0 cm³/mol. The Morgan fingerprint density at radius 2 is 1.65 bits per heavy atom. The van der Waals surface area contributed by atoms with Gasteiger partial charge in [-0.3, -0.25) is 4.79 Å². The SMILES string of the molecule is N#CC1(NC(=O)c2cc(Cl)cc(Cl)c2)CCCCCC1. The van der Waals surface area contributed by atoms with E-state index in [1.54, 1.807) is 18.2 Å². The molecule has 3 nitrogen and oxygen atoms in total. The van der Waals surface area contributed by atoms with Crippen molar-refractivity contribution >= 4 is 29.1 Å². The summed E-state index contributed by atoms with van der Waals surface area (Å²) in [6, 6.07) is 6.98. The van der Waals surface area contributed by atoms with Gasteiger partial charge in [-0.2, -0.15) is 5.26 Å². The molecule has 1 N–H and O–H groups in total. The van der Waals surface area contributed by atoms with Gasteiger partial charge in [0, 0.05) is 15.6 Å². The monoisotopic (exact) mass is 310 g/mol. The molecule has 1 aliphatic carbocycles. The second kappa shape index (κ2) is 6.47. The Morgan fingerprint density at radius 3 is 2.15 bits per heavy atom. The summed E-state index contributed by atoms with van der Waals surface area (Å²) >= 11 is 11.8. The molecule has 0 aliphatic heterocycles. The molecule has 1 aromatic carbocycles. The van der Waals surface area contributed by atoms with Crippen LogP contribution >= 0.6 is 23.2 Å². The predicted octanol–water partition coefficient (Wildman–Crippen LogP) is 4.34. The zero-order valence-electron chi connectivity index (χ0n) is 11.1. The minimum atomic E-state index is -0.762. The van der Waals surface area contributed by atoms with Crippen LogP contribution in [-0.2, 0) is 0 Å². The minimum Gasteiger partial charge on any atom is -0.334 e. The highest BCUT2D eigenvalue weighted by Gasteiger charge is 2.32. The second-order valence-corrected chi connectivity index (χ2v) is 6.09. The van der Waals surface area contributed by atoms with E-state index < -0.39 is 5.54 Å². The van der Waals surface area contributed by atoms with Gasteiger partial charge in [-0.25, -0.2) is 0 Å². The van der Waals surface area contributed by atoms with Crippen LogP contribution < -0.4 is 5.32 Å². The lowest BCUT2D eigenvalue weighted by Crippen LogP contribution is -2.47. The van der Waals surface area contributed by atoms with E-state index in [1.807, 2.05) is 0 Å². The van der Waals surface area contributed by atoms with Crippen molar-refractivity contribution in [2.24, 2.45) is 0 Å². The van der Waals surface area contributed by atoms with Crippen molar-refractivity contribution in [2.45, 2.75) is 44.1 Å². The van der Waals surface area contributed by atoms with Gasteiger partial charge >= 0.3 is 0 Å². The van der Waals surface area contributed by atoms with E-state index in [4.69, 9.17) is 23.2 Å². The van der Waals surface area contributed by atoms with Crippen LogP contribution in [0.15, 0.2) is 18.2 Å². The van der Waals surface area contributed by atoms with Crippen LogP contribution in [0.1, 0.15) is 48.9 Å². The summed E-state index contributed by atoms with van der Waals surface area (Å²) in [5, 5.41) is 13.2. The van der Waals surface area contributed by atoms with Gasteiger partial charge in [-0.15, -0.1) is 0 Å². The summed E-state index contributed by atoms with van der Waals surface area (Å²) in [5.74, 6) is -0.294. The highest BCUT2D eigenvalue weighted by atomic mass is 35.5.